The third kappa shape index (κ3) is 3.99. The van der Waals surface area contributed by atoms with E-state index in [0.717, 1.165) is 81.5 Å². The van der Waals surface area contributed by atoms with Crippen molar-refractivity contribution in [1.82, 2.24) is 14.9 Å². The van der Waals surface area contributed by atoms with E-state index in [-0.39, 0.29) is 0 Å². The van der Waals surface area contributed by atoms with Crippen molar-refractivity contribution >= 4 is 0 Å². The molecular formula is C20H25N3O2. The lowest BCUT2D eigenvalue weighted by atomic mass is 10.2. The highest BCUT2D eigenvalue weighted by Gasteiger charge is 2.21. The average molecular weight is 339 g/mol. The highest BCUT2D eigenvalue weighted by atomic mass is 16.5. The molecule has 1 aliphatic heterocycles. The van der Waals surface area contributed by atoms with Crippen LogP contribution >= 0.6 is 0 Å². The maximum absolute atomic E-state index is 6.09. The highest BCUT2D eigenvalue weighted by Crippen LogP contribution is 2.30. The van der Waals surface area contributed by atoms with Gasteiger partial charge in [0, 0.05) is 30.8 Å². The quantitative estimate of drug-likeness (QED) is 0.758. The van der Waals surface area contributed by atoms with E-state index in [9.17, 15) is 0 Å². The first-order chi connectivity index (χ1) is 12.4. The largest absolute Gasteiger partial charge is 0.477 e. The minimum absolute atomic E-state index is 0.703. The van der Waals surface area contributed by atoms with Crippen molar-refractivity contribution in [2.75, 3.05) is 39.5 Å². The van der Waals surface area contributed by atoms with Gasteiger partial charge in [-0.1, -0.05) is 30.3 Å². The van der Waals surface area contributed by atoms with Crippen molar-refractivity contribution in [3.63, 3.8) is 0 Å². The summed E-state index contributed by atoms with van der Waals surface area (Å²) in [4.78, 5) is 11.9. The molecule has 2 aliphatic rings. The van der Waals surface area contributed by atoms with Gasteiger partial charge in [-0.15, -0.1) is 0 Å². The van der Waals surface area contributed by atoms with Crippen LogP contribution in [-0.2, 0) is 17.6 Å². The van der Waals surface area contributed by atoms with Gasteiger partial charge in [-0.2, -0.15) is 4.98 Å². The third-order valence-corrected chi connectivity index (χ3v) is 4.89. The van der Waals surface area contributed by atoms with Gasteiger partial charge in [0.05, 0.1) is 25.5 Å². The predicted molar refractivity (Wildman–Crippen MR) is 96.9 cm³/mol. The normalized spacial score (nSPS) is 17.4. The number of aromatic nitrogens is 2. The highest BCUT2D eigenvalue weighted by molar-refractivity contribution is 5.56. The summed E-state index contributed by atoms with van der Waals surface area (Å²) >= 11 is 0. The zero-order valence-electron chi connectivity index (χ0n) is 14.6. The fraction of sp³-hybridized carbons (Fsp3) is 0.500. The summed E-state index contributed by atoms with van der Waals surface area (Å²) in [5.74, 6) is 1.58. The van der Waals surface area contributed by atoms with Crippen LogP contribution in [0.5, 0.6) is 5.88 Å². The van der Waals surface area contributed by atoms with Crippen LogP contribution < -0.4 is 4.74 Å². The van der Waals surface area contributed by atoms with Crippen LogP contribution in [0.1, 0.15) is 24.1 Å². The predicted octanol–water partition coefficient (Wildman–Crippen LogP) is 2.73. The molecule has 1 aliphatic carbocycles. The number of fused-ring (bicyclic) bond motifs is 1. The molecule has 0 saturated carbocycles. The van der Waals surface area contributed by atoms with Crippen LogP contribution in [0.3, 0.4) is 0 Å². The number of hydrogen-bond acceptors (Lipinski definition) is 5. The summed E-state index contributed by atoms with van der Waals surface area (Å²) < 4.78 is 11.5. The van der Waals surface area contributed by atoms with Gasteiger partial charge in [0.25, 0.3) is 0 Å². The number of benzene rings is 1. The lowest BCUT2D eigenvalue weighted by Crippen LogP contribution is -2.37. The van der Waals surface area contributed by atoms with E-state index in [0.29, 0.717) is 6.61 Å². The first-order valence-electron chi connectivity index (χ1n) is 9.28. The Hall–Kier alpha value is -1.98. The molecular weight excluding hydrogens is 314 g/mol. The second-order valence-electron chi connectivity index (χ2n) is 6.65. The fourth-order valence-electron chi connectivity index (χ4n) is 3.52. The van der Waals surface area contributed by atoms with Gasteiger partial charge in [0.15, 0.2) is 5.82 Å². The Morgan fingerprint density at radius 1 is 1.04 bits per heavy atom. The Balaban J connectivity index is 1.42. The maximum Gasteiger partial charge on any atom is 0.220 e. The minimum atomic E-state index is 0.703. The van der Waals surface area contributed by atoms with E-state index in [1.165, 1.54) is 5.56 Å². The number of morpholine rings is 1. The SMILES string of the molecule is c1ccc(-c2nc3c(c(OCCCN4CCOCC4)n2)CCC3)cc1. The number of rotatable bonds is 6. The van der Waals surface area contributed by atoms with Gasteiger partial charge in [-0.25, -0.2) is 4.98 Å². The molecule has 0 amide bonds. The van der Waals surface area contributed by atoms with Gasteiger partial charge in [-0.05, 0) is 25.7 Å². The Bertz CT molecular complexity index is 700. The van der Waals surface area contributed by atoms with E-state index >= 15 is 0 Å². The maximum atomic E-state index is 6.09. The molecule has 0 spiro atoms. The average Bonchev–Trinajstić information content (AvgIpc) is 3.15. The van der Waals surface area contributed by atoms with Crippen molar-refractivity contribution in [3.8, 4) is 17.3 Å². The summed E-state index contributed by atoms with van der Waals surface area (Å²) in [6, 6.07) is 10.2. The number of hydrogen-bond donors (Lipinski definition) is 0. The van der Waals surface area contributed by atoms with E-state index < -0.39 is 0 Å². The molecule has 25 heavy (non-hydrogen) atoms. The van der Waals surface area contributed by atoms with Gasteiger partial charge in [0.1, 0.15) is 0 Å². The second kappa shape index (κ2) is 7.93. The van der Waals surface area contributed by atoms with Crippen molar-refractivity contribution in [2.45, 2.75) is 25.7 Å². The molecule has 0 radical (unpaired) electrons. The summed E-state index contributed by atoms with van der Waals surface area (Å²) in [6.45, 7) is 5.51. The fourth-order valence-corrected chi connectivity index (χ4v) is 3.52. The van der Waals surface area contributed by atoms with Gasteiger partial charge in [-0.3, -0.25) is 4.90 Å². The molecule has 0 unspecified atom stereocenters. The Morgan fingerprint density at radius 2 is 1.88 bits per heavy atom. The third-order valence-electron chi connectivity index (χ3n) is 4.89. The minimum Gasteiger partial charge on any atom is -0.477 e. The van der Waals surface area contributed by atoms with Crippen LogP contribution in [0.25, 0.3) is 11.4 Å². The Kier molecular flexibility index (Phi) is 5.23. The van der Waals surface area contributed by atoms with Crippen molar-refractivity contribution in [1.29, 1.82) is 0 Å². The first-order valence-corrected chi connectivity index (χ1v) is 9.28. The molecule has 2 heterocycles. The molecule has 2 aromatic rings. The van der Waals surface area contributed by atoms with Gasteiger partial charge in [0.2, 0.25) is 5.88 Å². The van der Waals surface area contributed by atoms with E-state index in [1.807, 2.05) is 18.2 Å². The van der Waals surface area contributed by atoms with Crippen LogP contribution in [0.2, 0.25) is 0 Å². The molecule has 1 fully saturated rings. The first kappa shape index (κ1) is 16.5. The molecule has 0 N–H and O–H groups in total. The summed E-state index contributed by atoms with van der Waals surface area (Å²) in [5, 5.41) is 0. The second-order valence-corrected chi connectivity index (χ2v) is 6.65. The number of aryl methyl sites for hydroxylation is 1. The lowest BCUT2D eigenvalue weighted by molar-refractivity contribution is 0.0357. The van der Waals surface area contributed by atoms with Crippen LogP contribution in [0, 0.1) is 0 Å². The molecule has 0 atom stereocenters. The molecule has 5 nitrogen and oxygen atoms in total. The molecule has 0 bridgehead atoms. The topological polar surface area (TPSA) is 47.5 Å². The Labute approximate surface area is 149 Å². The summed E-state index contributed by atoms with van der Waals surface area (Å²) in [5.41, 5.74) is 3.43. The lowest BCUT2D eigenvalue weighted by Gasteiger charge is -2.26. The van der Waals surface area contributed by atoms with E-state index in [2.05, 4.69) is 17.0 Å². The molecule has 1 aromatic heterocycles. The Morgan fingerprint density at radius 3 is 2.72 bits per heavy atom. The zero-order valence-corrected chi connectivity index (χ0v) is 14.6. The standard InChI is InChI=1S/C20H25N3O2/c1-2-6-16(7-3-1)19-21-18-9-4-8-17(18)20(22-19)25-13-5-10-23-11-14-24-15-12-23/h1-3,6-7H,4-5,8-15H2. The van der Waals surface area contributed by atoms with Crippen LogP contribution in [0.15, 0.2) is 30.3 Å². The molecule has 132 valence electrons. The van der Waals surface area contributed by atoms with E-state index in [4.69, 9.17) is 19.4 Å². The zero-order chi connectivity index (χ0) is 16.9. The van der Waals surface area contributed by atoms with Crippen molar-refractivity contribution in [3.05, 3.63) is 41.6 Å². The van der Waals surface area contributed by atoms with Crippen LogP contribution in [0.4, 0.5) is 0 Å². The van der Waals surface area contributed by atoms with Gasteiger partial charge < -0.3 is 9.47 Å². The smallest absolute Gasteiger partial charge is 0.220 e. The molecule has 4 rings (SSSR count). The molecule has 5 heteroatoms. The van der Waals surface area contributed by atoms with Crippen molar-refractivity contribution in [2.24, 2.45) is 0 Å². The monoisotopic (exact) mass is 339 g/mol. The van der Waals surface area contributed by atoms with Crippen LogP contribution in [-0.4, -0.2) is 54.3 Å². The number of nitrogens with zero attached hydrogens (tertiary/aromatic N) is 3. The van der Waals surface area contributed by atoms with Gasteiger partial charge >= 0.3 is 0 Å². The summed E-state index contributed by atoms with van der Waals surface area (Å²) in [7, 11) is 0. The van der Waals surface area contributed by atoms with Crippen molar-refractivity contribution < 1.29 is 9.47 Å². The number of ether oxygens (including phenoxy) is 2. The molecule has 1 aromatic carbocycles. The van der Waals surface area contributed by atoms with E-state index in [1.54, 1.807) is 0 Å². The molecule has 1 saturated heterocycles. The summed E-state index contributed by atoms with van der Waals surface area (Å²) in [6.07, 6.45) is 4.22.